The molecule has 0 aromatic carbocycles. The molecule has 0 saturated carbocycles. The molecule has 1 aliphatic rings. The fourth-order valence-corrected chi connectivity index (χ4v) is 2.67. The zero-order chi connectivity index (χ0) is 14.0. The van der Waals surface area contributed by atoms with E-state index in [1.165, 1.54) is 0 Å². The van der Waals surface area contributed by atoms with Gasteiger partial charge in [-0.1, -0.05) is 19.0 Å². The third-order valence-electron chi connectivity index (χ3n) is 3.83. The van der Waals surface area contributed by atoms with E-state index in [1.807, 2.05) is 20.0 Å². The molecule has 1 fully saturated rings. The summed E-state index contributed by atoms with van der Waals surface area (Å²) in [6, 6.07) is 1.75. The highest BCUT2D eigenvalue weighted by atomic mass is 16.5. The number of likely N-dealkylation sites (N-methyl/N-ethyl adjacent to an activating group) is 1. The summed E-state index contributed by atoms with van der Waals surface area (Å²) in [5.74, 6) is 0.900. The molecule has 1 aliphatic heterocycles. The fraction of sp³-hybridized carbons (Fsp3) is 0.714. The average Bonchev–Trinajstić information content (AvgIpc) is 2.73. The van der Waals surface area contributed by atoms with Gasteiger partial charge in [-0.25, -0.2) is 0 Å². The first-order chi connectivity index (χ1) is 8.90. The number of nitrogens with zero attached hydrogens (tertiary/aromatic N) is 2. The Morgan fingerprint density at radius 1 is 1.63 bits per heavy atom. The Morgan fingerprint density at radius 2 is 2.37 bits per heavy atom. The van der Waals surface area contributed by atoms with Gasteiger partial charge in [0, 0.05) is 13.1 Å². The van der Waals surface area contributed by atoms with Gasteiger partial charge in [-0.2, -0.15) is 0 Å². The van der Waals surface area contributed by atoms with Crippen LogP contribution in [0.3, 0.4) is 0 Å². The van der Waals surface area contributed by atoms with Gasteiger partial charge in [-0.3, -0.25) is 4.79 Å². The van der Waals surface area contributed by atoms with Crippen molar-refractivity contribution < 1.29 is 9.32 Å². The van der Waals surface area contributed by atoms with Crippen molar-refractivity contribution >= 4 is 5.91 Å². The molecule has 2 rings (SSSR count). The first kappa shape index (κ1) is 14.1. The number of amides is 1. The van der Waals surface area contributed by atoms with Crippen molar-refractivity contribution in [1.29, 1.82) is 0 Å². The lowest BCUT2D eigenvalue weighted by Crippen LogP contribution is -2.55. The van der Waals surface area contributed by atoms with E-state index in [0.717, 1.165) is 30.8 Å². The summed E-state index contributed by atoms with van der Waals surface area (Å²) in [6.07, 6.45) is 2.20. The van der Waals surface area contributed by atoms with Crippen LogP contribution in [0.1, 0.15) is 38.1 Å². The van der Waals surface area contributed by atoms with Crippen molar-refractivity contribution in [2.45, 2.75) is 46.2 Å². The summed E-state index contributed by atoms with van der Waals surface area (Å²) in [5.41, 5.74) is 0.797. The highest BCUT2D eigenvalue weighted by Gasteiger charge is 2.38. The van der Waals surface area contributed by atoms with Gasteiger partial charge in [0.05, 0.1) is 12.6 Å². The maximum Gasteiger partial charge on any atom is 0.240 e. The van der Waals surface area contributed by atoms with Crippen molar-refractivity contribution in [1.82, 2.24) is 15.4 Å². The third-order valence-corrected chi connectivity index (χ3v) is 3.83. The van der Waals surface area contributed by atoms with E-state index < -0.39 is 0 Å². The minimum absolute atomic E-state index is 0.00331. The molecule has 0 aliphatic carbocycles. The largest absolute Gasteiger partial charge is 0.361 e. The number of aryl methyl sites for hydroxylation is 1. The normalized spacial score (nSPS) is 22.2. The molecule has 1 atom stereocenters. The molecule has 1 N–H and O–H groups in total. The minimum Gasteiger partial charge on any atom is -0.361 e. The Labute approximate surface area is 114 Å². The van der Waals surface area contributed by atoms with E-state index in [-0.39, 0.29) is 17.4 Å². The molecule has 5 heteroatoms. The number of rotatable bonds is 3. The van der Waals surface area contributed by atoms with Gasteiger partial charge in [0.1, 0.15) is 11.5 Å². The van der Waals surface area contributed by atoms with Crippen molar-refractivity contribution in [3.63, 3.8) is 0 Å². The van der Waals surface area contributed by atoms with Crippen molar-refractivity contribution in [2.24, 2.45) is 5.41 Å². The second-order valence-electron chi connectivity index (χ2n) is 6.10. The van der Waals surface area contributed by atoms with Crippen molar-refractivity contribution in [3.05, 3.63) is 17.5 Å². The topological polar surface area (TPSA) is 58.4 Å². The molecule has 1 amide bonds. The molecular formula is C14H23N3O2. The first-order valence-corrected chi connectivity index (χ1v) is 6.81. The monoisotopic (exact) mass is 265 g/mol. The van der Waals surface area contributed by atoms with Crippen molar-refractivity contribution in [3.8, 4) is 0 Å². The van der Waals surface area contributed by atoms with Gasteiger partial charge in [0.2, 0.25) is 5.91 Å². The summed E-state index contributed by atoms with van der Waals surface area (Å²) in [7, 11) is 1.82. The lowest BCUT2D eigenvalue weighted by atomic mass is 9.77. The standard InChI is InChI=1S/C14H23N3O2/c1-10-8-11(16-19-10)9-17(4)13(18)12-14(2,3)6-5-7-15-12/h8,12,15H,5-7,9H2,1-4H3. The molecule has 106 valence electrons. The van der Waals surface area contributed by atoms with Gasteiger partial charge in [0.25, 0.3) is 0 Å². The second kappa shape index (κ2) is 5.33. The van der Waals surface area contributed by atoms with Crippen LogP contribution >= 0.6 is 0 Å². The van der Waals surface area contributed by atoms with Crippen LogP contribution in [-0.4, -0.2) is 35.6 Å². The molecule has 19 heavy (non-hydrogen) atoms. The van der Waals surface area contributed by atoms with E-state index in [2.05, 4.69) is 24.3 Å². The minimum atomic E-state index is -0.112. The molecule has 1 unspecified atom stereocenters. The predicted molar refractivity (Wildman–Crippen MR) is 72.5 cm³/mol. The molecular weight excluding hydrogens is 242 g/mol. The maximum atomic E-state index is 12.5. The van der Waals surface area contributed by atoms with E-state index in [9.17, 15) is 4.79 Å². The Morgan fingerprint density at radius 3 is 2.95 bits per heavy atom. The van der Waals surface area contributed by atoms with Crippen LogP contribution < -0.4 is 5.32 Å². The molecule has 1 aromatic rings. The summed E-state index contributed by atoms with van der Waals surface area (Å²) in [6.45, 7) is 7.55. The number of carbonyl (C=O) groups excluding carboxylic acids is 1. The van der Waals surface area contributed by atoms with Crippen LogP contribution in [-0.2, 0) is 11.3 Å². The van der Waals surface area contributed by atoms with E-state index in [4.69, 9.17) is 4.52 Å². The van der Waals surface area contributed by atoms with Crippen molar-refractivity contribution in [2.75, 3.05) is 13.6 Å². The van der Waals surface area contributed by atoms with Gasteiger partial charge in [-0.05, 0) is 31.7 Å². The molecule has 0 radical (unpaired) electrons. The number of carbonyl (C=O) groups is 1. The lowest BCUT2D eigenvalue weighted by Gasteiger charge is -2.39. The van der Waals surface area contributed by atoms with Gasteiger partial charge in [-0.15, -0.1) is 0 Å². The third kappa shape index (κ3) is 3.15. The van der Waals surface area contributed by atoms with E-state index in [0.29, 0.717) is 6.54 Å². The van der Waals surface area contributed by atoms with Crippen LogP contribution in [0.5, 0.6) is 0 Å². The maximum absolute atomic E-state index is 12.5. The predicted octanol–water partition coefficient (Wildman–Crippen LogP) is 1.72. The number of hydrogen-bond donors (Lipinski definition) is 1. The summed E-state index contributed by atoms with van der Waals surface area (Å²) >= 11 is 0. The molecule has 0 bridgehead atoms. The van der Waals surface area contributed by atoms with Crippen LogP contribution in [0.2, 0.25) is 0 Å². The quantitative estimate of drug-likeness (QED) is 0.904. The SMILES string of the molecule is Cc1cc(CN(C)C(=O)C2NCCCC2(C)C)no1. The number of piperidine rings is 1. The Kier molecular flexibility index (Phi) is 3.94. The van der Waals surface area contributed by atoms with Gasteiger partial charge in [0.15, 0.2) is 0 Å². The molecule has 0 spiro atoms. The first-order valence-electron chi connectivity index (χ1n) is 6.81. The highest BCUT2D eigenvalue weighted by molar-refractivity contribution is 5.82. The number of nitrogens with one attached hydrogen (secondary N) is 1. The van der Waals surface area contributed by atoms with E-state index >= 15 is 0 Å². The summed E-state index contributed by atoms with van der Waals surface area (Å²) in [5, 5.41) is 7.28. The van der Waals surface area contributed by atoms with Crippen LogP contribution in [0.15, 0.2) is 10.6 Å². The Bertz CT molecular complexity index is 453. The number of hydrogen-bond acceptors (Lipinski definition) is 4. The average molecular weight is 265 g/mol. The Hall–Kier alpha value is -1.36. The fourth-order valence-electron chi connectivity index (χ4n) is 2.67. The van der Waals surface area contributed by atoms with Crippen LogP contribution in [0, 0.1) is 12.3 Å². The molecule has 2 heterocycles. The molecule has 1 saturated heterocycles. The summed E-state index contributed by atoms with van der Waals surface area (Å²) in [4.78, 5) is 14.3. The highest BCUT2D eigenvalue weighted by Crippen LogP contribution is 2.31. The van der Waals surface area contributed by atoms with E-state index in [1.54, 1.807) is 4.90 Å². The number of aromatic nitrogens is 1. The summed E-state index contributed by atoms with van der Waals surface area (Å²) < 4.78 is 5.03. The lowest BCUT2D eigenvalue weighted by molar-refractivity contribution is -0.136. The smallest absolute Gasteiger partial charge is 0.240 e. The molecule has 1 aromatic heterocycles. The zero-order valence-electron chi connectivity index (χ0n) is 12.2. The Balaban J connectivity index is 2.02. The van der Waals surface area contributed by atoms with Crippen LogP contribution in [0.4, 0.5) is 0 Å². The zero-order valence-corrected chi connectivity index (χ0v) is 12.2. The second-order valence-corrected chi connectivity index (χ2v) is 6.10. The van der Waals surface area contributed by atoms with Gasteiger partial charge < -0.3 is 14.7 Å². The van der Waals surface area contributed by atoms with Gasteiger partial charge >= 0.3 is 0 Å². The van der Waals surface area contributed by atoms with Crippen LogP contribution in [0.25, 0.3) is 0 Å². The molecule has 5 nitrogen and oxygen atoms in total.